The zero-order valence-electron chi connectivity index (χ0n) is 12.5. The van der Waals surface area contributed by atoms with Crippen molar-refractivity contribution in [3.63, 3.8) is 0 Å². The van der Waals surface area contributed by atoms with Crippen molar-refractivity contribution in [3.8, 4) is 0 Å². The van der Waals surface area contributed by atoms with Crippen LogP contribution < -0.4 is 5.32 Å². The Balaban J connectivity index is 2.00. The van der Waals surface area contributed by atoms with Crippen molar-refractivity contribution in [2.45, 2.75) is 25.3 Å². The maximum absolute atomic E-state index is 12.3. The Morgan fingerprint density at radius 3 is 2.50 bits per heavy atom. The molecule has 1 saturated heterocycles. The third-order valence-corrected chi connectivity index (χ3v) is 3.76. The number of nitrogens with zero attached hydrogens (tertiary/aromatic N) is 2. The molecule has 0 saturated carbocycles. The molecule has 0 radical (unpaired) electrons. The van der Waals surface area contributed by atoms with Crippen LogP contribution in [0.5, 0.6) is 0 Å². The van der Waals surface area contributed by atoms with E-state index >= 15 is 0 Å². The number of nitrogens with one attached hydrogen (secondary N) is 1. The standard InChI is InChI=1S/C16H25N3O/c1-18(2)13-10-15(14-8-4-3-5-9-14)17-16(20)19-11-6-7-12-19/h3-5,8-9,15H,6-7,10-13H2,1-2H3,(H,17,20)/t15-/m0/s1. The highest BCUT2D eigenvalue weighted by Crippen LogP contribution is 2.18. The number of carbonyl (C=O) groups is 1. The maximum Gasteiger partial charge on any atom is 0.317 e. The summed E-state index contributed by atoms with van der Waals surface area (Å²) < 4.78 is 0. The van der Waals surface area contributed by atoms with E-state index in [0.717, 1.165) is 38.9 Å². The predicted octanol–water partition coefficient (Wildman–Crippen LogP) is 2.48. The maximum atomic E-state index is 12.3. The van der Waals surface area contributed by atoms with Gasteiger partial charge >= 0.3 is 6.03 Å². The van der Waals surface area contributed by atoms with Crippen LogP contribution in [0.2, 0.25) is 0 Å². The Hall–Kier alpha value is -1.55. The third-order valence-electron chi connectivity index (χ3n) is 3.76. The minimum atomic E-state index is 0.0788. The summed E-state index contributed by atoms with van der Waals surface area (Å²) in [7, 11) is 4.12. The van der Waals surface area contributed by atoms with Crippen molar-refractivity contribution >= 4 is 6.03 Å². The highest BCUT2D eigenvalue weighted by Gasteiger charge is 2.21. The number of carbonyl (C=O) groups excluding carboxylic acids is 1. The van der Waals surface area contributed by atoms with E-state index < -0.39 is 0 Å². The van der Waals surface area contributed by atoms with Gasteiger partial charge in [0.25, 0.3) is 0 Å². The fourth-order valence-electron chi connectivity index (χ4n) is 2.56. The van der Waals surface area contributed by atoms with Gasteiger partial charge in [-0.05, 0) is 45.5 Å². The van der Waals surface area contributed by atoms with E-state index in [-0.39, 0.29) is 12.1 Å². The SMILES string of the molecule is CN(C)CC[C@H](NC(=O)N1CCCC1)c1ccccc1. The Morgan fingerprint density at radius 2 is 1.90 bits per heavy atom. The molecule has 110 valence electrons. The van der Waals surface area contributed by atoms with Crippen LogP contribution in [-0.2, 0) is 0 Å². The van der Waals surface area contributed by atoms with E-state index in [0.29, 0.717) is 0 Å². The van der Waals surface area contributed by atoms with Crippen molar-refractivity contribution in [3.05, 3.63) is 35.9 Å². The number of amides is 2. The molecule has 1 fully saturated rings. The average Bonchev–Trinajstić information content (AvgIpc) is 2.98. The smallest absolute Gasteiger partial charge is 0.317 e. The van der Waals surface area contributed by atoms with Gasteiger partial charge in [0.05, 0.1) is 6.04 Å². The van der Waals surface area contributed by atoms with E-state index in [1.54, 1.807) is 0 Å². The molecule has 20 heavy (non-hydrogen) atoms. The monoisotopic (exact) mass is 275 g/mol. The predicted molar refractivity (Wildman–Crippen MR) is 81.7 cm³/mol. The van der Waals surface area contributed by atoms with Crippen LogP contribution in [0.1, 0.15) is 30.9 Å². The summed E-state index contributed by atoms with van der Waals surface area (Å²) in [5, 5.41) is 3.19. The van der Waals surface area contributed by atoms with Crippen LogP contribution in [0.15, 0.2) is 30.3 Å². The van der Waals surface area contributed by atoms with Crippen LogP contribution >= 0.6 is 0 Å². The first-order valence-corrected chi connectivity index (χ1v) is 7.42. The molecule has 1 aliphatic rings. The second-order valence-corrected chi connectivity index (χ2v) is 5.70. The van der Waals surface area contributed by atoms with Crippen LogP contribution in [0, 0.1) is 0 Å². The zero-order chi connectivity index (χ0) is 14.4. The Labute approximate surface area is 121 Å². The van der Waals surface area contributed by atoms with Gasteiger partial charge in [0, 0.05) is 13.1 Å². The van der Waals surface area contributed by atoms with Crippen molar-refractivity contribution in [2.24, 2.45) is 0 Å². The number of likely N-dealkylation sites (tertiary alicyclic amines) is 1. The van der Waals surface area contributed by atoms with E-state index in [9.17, 15) is 4.79 Å². The minimum Gasteiger partial charge on any atom is -0.331 e. The van der Waals surface area contributed by atoms with Crippen molar-refractivity contribution in [2.75, 3.05) is 33.7 Å². The van der Waals surface area contributed by atoms with Gasteiger partial charge in [0.15, 0.2) is 0 Å². The van der Waals surface area contributed by atoms with Crippen LogP contribution in [0.4, 0.5) is 4.79 Å². The Kier molecular flexibility index (Phi) is 5.41. The summed E-state index contributed by atoms with van der Waals surface area (Å²) >= 11 is 0. The van der Waals surface area contributed by atoms with Gasteiger partial charge in [-0.15, -0.1) is 0 Å². The lowest BCUT2D eigenvalue weighted by atomic mass is 10.0. The Morgan fingerprint density at radius 1 is 1.25 bits per heavy atom. The highest BCUT2D eigenvalue weighted by atomic mass is 16.2. The van der Waals surface area contributed by atoms with Crippen molar-refractivity contribution in [1.82, 2.24) is 15.1 Å². The lowest BCUT2D eigenvalue weighted by Gasteiger charge is -2.24. The number of hydrogen-bond acceptors (Lipinski definition) is 2. The molecule has 0 aromatic heterocycles. The van der Waals surface area contributed by atoms with E-state index in [1.807, 2.05) is 23.1 Å². The summed E-state index contributed by atoms with van der Waals surface area (Å²) in [5.74, 6) is 0. The molecule has 1 aromatic rings. The van der Waals surface area contributed by atoms with Crippen molar-refractivity contribution in [1.29, 1.82) is 0 Å². The van der Waals surface area contributed by atoms with Gasteiger partial charge in [0.2, 0.25) is 0 Å². The molecular weight excluding hydrogens is 250 g/mol. The Bertz CT molecular complexity index is 413. The third kappa shape index (κ3) is 4.23. The summed E-state index contributed by atoms with van der Waals surface area (Å²) in [6, 6.07) is 10.4. The summed E-state index contributed by atoms with van der Waals surface area (Å²) in [6.07, 6.45) is 3.18. The summed E-state index contributed by atoms with van der Waals surface area (Å²) in [4.78, 5) is 16.3. The topological polar surface area (TPSA) is 35.6 Å². The zero-order valence-corrected chi connectivity index (χ0v) is 12.5. The van der Waals surface area contributed by atoms with Crippen LogP contribution in [0.25, 0.3) is 0 Å². The van der Waals surface area contributed by atoms with Gasteiger partial charge in [-0.25, -0.2) is 4.79 Å². The first kappa shape index (κ1) is 14.9. The average molecular weight is 275 g/mol. The molecule has 4 heteroatoms. The van der Waals surface area contributed by atoms with E-state index in [1.165, 1.54) is 5.56 Å². The van der Waals surface area contributed by atoms with Crippen molar-refractivity contribution < 1.29 is 4.79 Å². The molecule has 1 atom stereocenters. The molecule has 2 rings (SSSR count). The molecule has 1 aromatic carbocycles. The normalized spacial score (nSPS) is 16.4. The number of hydrogen-bond donors (Lipinski definition) is 1. The largest absolute Gasteiger partial charge is 0.331 e. The molecule has 1 N–H and O–H groups in total. The van der Waals surface area contributed by atoms with Gasteiger partial charge in [-0.3, -0.25) is 0 Å². The second kappa shape index (κ2) is 7.29. The number of benzene rings is 1. The molecule has 1 heterocycles. The molecule has 1 aliphatic heterocycles. The van der Waals surface area contributed by atoms with Gasteiger partial charge in [-0.2, -0.15) is 0 Å². The first-order chi connectivity index (χ1) is 9.66. The van der Waals surface area contributed by atoms with Gasteiger partial charge in [-0.1, -0.05) is 30.3 Å². The minimum absolute atomic E-state index is 0.0788. The number of rotatable bonds is 5. The van der Waals surface area contributed by atoms with Crippen LogP contribution in [-0.4, -0.2) is 49.6 Å². The lowest BCUT2D eigenvalue weighted by molar-refractivity contribution is 0.202. The summed E-state index contributed by atoms with van der Waals surface area (Å²) in [6.45, 7) is 2.74. The van der Waals surface area contributed by atoms with E-state index in [2.05, 4.69) is 36.4 Å². The first-order valence-electron chi connectivity index (χ1n) is 7.42. The van der Waals surface area contributed by atoms with Crippen LogP contribution in [0.3, 0.4) is 0 Å². The highest BCUT2D eigenvalue weighted by molar-refractivity contribution is 5.75. The fraction of sp³-hybridized carbons (Fsp3) is 0.562. The molecule has 0 spiro atoms. The summed E-state index contributed by atoms with van der Waals surface area (Å²) in [5.41, 5.74) is 1.18. The number of urea groups is 1. The molecule has 0 bridgehead atoms. The second-order valence-electron chi connectivity index (χ2n) is 5.70. The molecule has 2 amide bonds. The molecule has 4 nitrogen and oxygen atoms in total. The molecule has 0 unspecified atom stereocenters. The molecular formula is C16H25N3O. The fourth-order valence-corrected chi connectivity index (χ4v) is 2.56. The lowest BCUT2D eigenvalue weighted by Crippen LogP contribution is -2.40. The van der Waals surface area contributed by atoms with E-state index in [4.69, 9.17) is 0 Å². The van der Waals surface area contributed by atoms with Gasteiger partial charge in [0.1, 0.15) is 0 Å². The quantitative estimate of drug-likeness (QED) is 0.896. The molecule has 0 aliphatic carbocycles. The van der Waals surface area contributed by atoms with Gasteiger partial charge < -0.3 is 15.1 Å².